The molecule has 1 saturated heterocycles. The Hall–Kier alpha value is -1.42. The molecule has 0 amide bonds. The van der Waals surface area contributed by atoms with Gasteiger partial charge in [-0.2, -0.15) is 0 Å². The zero-order valence-electron chi connectivity index (χ0n) is 12.0. The summed E-state index contributed by atoms with van der Waals surface area (Å²) < 4.78 is 5.57. The quantitative estimate of drug-likeness (QED) is 0.931. The first-order chi connectivity index (χ1) is 9.72. The molecular weight excluding hydrogens is 248 g/mol. The van der Waals surface area contributed by atoms with Gasteiger partial charge >= 0.3 is 0 Å². The average Bonchev–Trinajstić information content (AvgIpc) is 2.47. The molecule has 1 heterocycles. The molecule has 0 saturated carbocycles. The monoisotopic (exact) mass is 270 g/mol. The molecule has 2 unspecified atom stereocenters. The summed E-state index contributed by atoms with van der Waals surface area (Å²) >= 11 is 0. The highest BCUT2D eigenvalue weighted by atomic mass is 16.5. The van der Waals surface area contributed by atoms with Gasteiger partial charge in [0.25, 0.3) is 0 Å². The van der Waals surface area contributed by atoms with Gasteiger partial charge in [0.15, 0.2) is 0 Å². The predicted molar refractivity (Wildman–Crippen MR) is 82.7 cm³/mol. The van der Waals surface area contributed by atoms with Crippen molar-refractivity contribution in [1.82, 2.24) is 4.90 Å². The molecule has 0 radical (unpaired) electrons. The van der Waals surface area contributed by atoms with Crippen molar-refractivity contribution in [1.29, 1.82) is 0 Å². The number of hydrogen-bond acceptors (Lipinski definition) is 3. The van der Waals surface area contributed by atoms with Gasteiger partial charge in [-0.1, -0.05) is 36.4 Å². The molecule has 1 aliphatic rings. The Morgan fingerprint density at radius 3 is 2.85 bits per heavy atom. The van der Waals surface area contributed by atoms with Gasteiger partial charge in [-0.05, 0) is 29.3 Å². The zero-order valence-corrected chi connectivity index (χ0v) is 12.0. The molecule has 2 aromatic rings. The fourth-order valence-corrected chi connectivity index (χ4v) is 2.88. The SMILES string of the molecule is CC1CN(CC(N)c2ccc3ccccc3c2)CCO1. The molecule has 3 nitrogen and oxygen atoms in total. The molecule has 0 aliphatic carbocycles. The van der Waals surface area contributed by atoms with Crippen LogP contribution in [0, 0.1) is 0 Å². The maximum absolute atomic E-state index is 6.38. The van der Waals surface area contributed by atoms with E-state index < -0.39 is 0 Å². The molecule has 20 heavy (non-hydrogen) atoms. The lowest BCUT2D eigenvalue weighted by atomic mass is 10.0. The smallest absolute Gasteiger partial charge is 0.0674 e. The highest BCUT2D eigenvalue weighted by molar-refractivity contribution is 5.83. The van der Waals surface area contributed by atoms with Crippen LogP contribution in [0.1, 0.15) is 18.5 Å². The number of fused-ring (bicyclic) bond motifs is 1. The maximum Gasteiger partial charge on any atom is 0.0674 e. The minimum atomic E-state index is 0.0601. The van der Waals surface area contributed by atoms with Gasteiger partial charge in [0.1, 0.15) is 0 Å². The zero-order chi connectivity index (χ0) is 13.9. The molecule has 2 aromatic carbocycles. The largest absolute Gasteiger partial charge is 0.376 e. The van der Waals surface area contributed by atoms with Gasteiger partial charge in [-0.15, -0.1) is 0 Å². The van der Waals surface area contributed by atoms with Crippen molar-refractivity contribution in [2.75, 3.05) is 26.2 Å². The molecule has 0 spiro atoms. The summed E-state index contributed by atoms with van der Waals surface area (Å²) in [6.45, 7) is 5.78. The van der Waals surface area contributed by atoms with Gasteiger partial charge in [-0.25, -0.2) is 0 Å². The molecule has 2 N–H and O–H groups in total. The number of nitrogens with zero attached hydrogens (tertiary/aromatic N) is 1. The molecule has 1 aliphatic heterocycles. The van der Waals surface area contributed by atoms with Crippen molar-refractivity contribution in [3.8, 4) is 0 Å². The van der Waals surface area contributed by atoms with Crippen LogP contribution in [0.4, 0.5) is 0 Å². The van der Waals surface area contributed by atoms with E-state index in [0.29, 0.717) is 6.10 Å². The Labute approximate surface area is 120 Å². The summed E-state index contributed by atoms with van der Waals surface area (Å²) in [5.41, 5.74) is 7.59. The van der Waals surface area contributed by atoms with Crippen LogP contribution in [0.5, 0.6) is 0 Å². The number of hydrogen-bond donors (Lipinski definition) is 1. The third-order valence-corrected chi connectivity index (χ3v) is 3.98. The standard InChI is InChI=1S/C17H22N2O/c1-13-11-19(8-9-20-13)12-17(18)16-7-6-14-4-2-3-5-15(14)10-16/h2-7,10,13,17H,8-9,11-12,18H2,1H3. The first kappa shape index (κ1) is 13.6. The van der Waals surface area contributed by atoms with Crippen molar-refractivity contribution in [3.05, 3.63) is 48.0 Å². The second-order valence-corrected chi connectivity index (χ2v) is 5.65. The molecule has 106 valence electrons. The van der Waals surface area contributed by atoms with Crippen LogP contribution < -0.4 is 5.73 Å². The van der Waals surface area contributed by atoms with Crippen molar-refractivity contribution in [2.24, 2.45) is 5.73 Å². The van der Waals surface area contributed by atoms with Gasteiger partial charge in [0.2, 0.25) is 0 Å². The van der Waals surface area contributed by atoms with Crippen LogP contribution in [0.15, 0.2) is 42.5 Å². The lowest BCUT2D eigenvalue weighted by molar-refractivity contribution is -0.0199. The van der Waals surface area contributed by atoms with Crippen LogP contribution in [0.25, 0.3) is 10.8 Å². The van der Waals surface area contributed by atoms with E-state index in [0.717, 1.165) is 26.2 Å². The summed E-state index contributed by atoms with van der Waals surface area (Å²) in [7, 11) is 0. The van der Waals surface area contributed by atoms with E-state index >= 15 is 0 Å². The molecule has 3 heteroatoms. The maximum atomic E-state index is 6.38. The molecular formula is C17H22N2O. The van der Waals surface area contributed by atoms with E-state index in [1.807, 2.05) is 0 Å². The topological polar surface area (TPSA) is 38.5 Å². The second-order valence-electron chi connectivity index (χ2n) is 5.65. The molecule has 0 aromatic heterocycles. The second kappa shape index (κ2) is 5.92. The van der Waals surface area contributed by atoms with Crippen LogP contribution in [-0.4, -0.2) is 37.2 Å². The lowest BCUT2D eigenvalue weighted by Crippen LogP contribution is -2.44. The number of nitrogens with two attached hydrogens (primary N) is 1. The van der Waals surface area contributed by atoms with E-state index in [-0.39, 0.29) is 6.04 Å². The first-order valence-corrected chi connectivity index (χ1v) is 7.30. The van der Waals surface area contributed by atoms with Crippen LogP contribution >= 0.6 is 0 Å². The van der Waals surface area contributed by atoms with Gasteiger partial charge in [0.05, 0.1) is 12.7 Å². The number of rotatable bonds is 3. The lowest BCUT2D eigenvalue weighted by Gasteiger charge is -2.32. The van der Waals surface area contributed by atoms with Crippen molar-refractivity contribution in [2.45, 2.75) is 19.1 Å². The van der Waals surface area contributed by atoms with E-state index in [9.17, 15) is 0 Å². The fraction of sp³-hybridized carbons (Fsp3) is 0.412. The summed E-state index contributed by atoms with van der Waals surface area (Å²) in [6, 6.07) is 15.0. The minimum Gasteiger partial charge on any atom is -0.376 e. The first-order valence-electron chi connectivity index (χ1n) is 7.30. The third-order valence-electron chi connectivity index (χ3n) is 3.98. The van der Waals surface area contributed by atoms with Crippen molar-refractivity contribution < 1.29 is 4.74 Å². The predicted octanol–water partition coefficient (Wildman–Crippen LogP) is 2.56. The van der Waals surface area contributed by atoms with E-state index in [1.54, 1.807) is 0 Å². The highest BCUT2D eigenvalue weighted by Gasteiger charge is 2.19. The Kier molecular flexibility index (Phi) is 4.01. The average molecular weight is 270 g/mol. The fourth-order valence-electron chi connectivity index (χ4n) is 2.88. The van der Waals surface area contributed by atoms with E-state index in [2.05, 4.69) is 54.3 Å². The Bertz CT molecular complexity index is 584. The summed E-state index contributed by atoms with van der Waals surface area (Å²) in [6.07, 6.45) is 0.313. The van der Waals surface area contributed by atoms with Gasteiger partial charge in [0, 0.05) is 25.7 Å². The molecule has 0 bridgehead atoms. The highest BCUT2D eigenvalue weighted by Crippen LogP contribution is 2.20. The van der Waals surface area contributed by atoms with Gasteiger partial charge in [-0.3, -0.25) is 4.90 Å². The van der Waals surface area contributed by atoms with Crippen LogP contribution in [0.3, 0.4) is 0 Å². The normalized spacial score (nSPS) is 22.0. The third kappa shape index (κ3) is 3.01. The summed E-state index contributed by atoms with van der Waals surface area (Å²) in [5.74, 6) is 0. The van der Waals surface area contributed by atoms with E-state index in [4.69, 9.17) is 10.5 Å². The Morgan fingerprint density at radius 1 is 1.25 bits per heavy atom. The van der Waals surface area contributed by atoms with Crippen molar-refractivity contribution >= 4 is 10.8 Å². The number of ether oxygens (including phenoxy) is 1. The van der Waals surface area contributed by atoms with Crippen LogP contribution in [-0.2, 0) is 4.74 Å². The van der Waals surface area contributed by atoms with E-state index in [1.165, 1.54) is 16.3 Å². The Balaban J connectivity index is 1.73. The number of morpholine rings is 1. The molecule has 2 atom stereocenters. The summed E-state index contributed by atoms with van der Waals surface area (Å²) in [4.78, 5) is 2.40. The van der Waals surface area contributed by atoms with Crippen LogP contribution in [0.2, 0.25) is 0 Å². The van der Waals surface area contributed by atoms with Crippen molar-refractivity contribution in [3.63, 3.8) is 0 Å². The summed E-state index contributed by atoms with van der Waals surface area (Å²) in [5, 5.41) is 2.53. The minimum absolute atomic E-state index is 0.0601. The number of benzene rings is 2. The molecule has 1 fully saturated rings. The molecule has 3 rings (SSSR count). The Morgan fingerprint density at radius 2 is 2.05 bits per heavy atom. The van der Waals surface area contributed by atoms with Gasteiger partial charge < -0.3 is 10.5 Å².